The lowest BCUT2D eigenvalue weighted by atomic mass is 10.1. The van der Waals surface area contributed by atoms with E-state index in [1.54, 1.807) is 13.1 Å². The molecule has 1 heterocycles. The van der Waals surface area contributed by atoms with Gasteiger partial charge in [-0.1, -0.05) is 30.3 Å². The van der Waals surface area contributed by atoms with Crippen LogP contribution in [-0.4, -0.2) is 29.3 Å². The largest absolute Gasteiger partial charge is 0.296 e. The van der Waals surface area contributed by atoms with E-state index in [1.165, 1.54) is 34.8 Å². The van der Waals surface area contributed by atoms with Gasteiger partial charge in [0, 0.05) is 24.9 Å². The van der Waals surface area contributed by atoms with Gasteiger partial charge in [-0.2, -0.15) is 10.1 Å². The highest BCUT2D eigenvalue weighted by Crippen LogP contribution is 2.25. The van der Waals surface area contributed by atoms with Crippen molar-refractivity contribution in [3.8, 4) is 0 Å². The maximum Gasteiger partial charge on any atom is 0.269 e. The quantitative estimate of drug-likeness (QED) is 0.455. The summed E-state index contributed by atoms with van der Waals surface area (Å²) in [6, 6.07) is 15.8. The lowest BCUT2D eigenvalue weighted by Gasteiger charge is -2.12. The average molecular weight is 350 g/mol. The van der Waals surface area contributed by atoms with Crippen molar-refractivity contribution >= 4 is 29.2 Å². The minimum atomic E-state index is -0.499. The summed E-state index contributed by atoms with van der Waals surface area (Å²) in [7, 11) is 0. The molecule has 2 aromatic rings. The highest BCUT2D eigenvalue weighted by atomic mass is 16.6. The van der Waals surface area contributed by atoms with E-state index in [1.807, 2.05) is 30.3 Å². The number of rotatable bonds is 6. The standard InChI is InChI=1S/C19H18N4O3/c1-14-18(13-20-12-11-15-5-3-2-4-6-15)19(24)22(21-14)16-7-9-17(10-8-16)23(25)26/h2-10,13,18H,11-12H2,1H3/t18-/m0/s1. The van der Waals surface area contributed by atoms with Gasteiger partial charge < -0.3 is 0 Å². The summed E-state index contributed by atoms with van der Waals surface area (Å²) in [4.78, 5) is 27.2. The topological polar surface area (TPSA) is 88.2 Å². The molecule has 1 aliphatic heterocycles. The predicted molar refractivity (Wildman–Crippen MR) is 101 cm³/mol. The fraction of sp³-hybridized carbons (Fsp3) is 0.211. The van der Waals surface area contributed by atoms with Gasteiger partial charge in [-0.15, -0.1) is 0 Å². The molecule has 26 heavy (non-hydrogen) atoms. The summed E-state index contributed by atoms with van der Waals surface area (Å²) in [6.45, 7) is 2.37. The molecule has 0 fully saturated rings. The minimum absolute atomic E-state index is 0.0277. The van der Waals surface area contributed by atoms with E-state index in [0.29, 0.717) is 17.9 Å². The van der Waals surface area contributed by atoms with Crippen molar-refractivity contribution in [3.05, 3.63) is 70.3 Å². The molecule has 1 atom stereocenters. The smallest absolute Gasteiger partial charge is 0.269 e. The molecule has 7 nitrogen and oxygen atoms in total. The molecule has 0 N–H and O–H groups in total. The maximum absolute atomic E-state index is 12.6. The lowest BCUT2D eigenvalue weighted by molar-refractivity contribution is -0.384. The first kappa shape index (κ1) is 17.5. The third-order valence-corrected chi connectivity index (χ3v) is 4.11. The van der Waals surface area contributed by atoms with Crippen LogP contribution in [0.25, 0.3) is 0 Å². The van der Waals surface area contributed by atoms with Crippen LogP contribution in [0.1, 0.15) is 12.5 Å². The highest BCUT2D eigenvalue weighted by molar-refractivity contribution is 6.23. The number of hydrogen-bond donors (Lipinski definition) is 0. The van der Waals surface area contributed by atoms with Crippen molar-refractivity contribution in [1.29, 1.82) is 0 Å². The molecule has 1 amide bonds. The molecule has 0 saturated heterocycles. The third-order valence-electron chi connectivity index (χ3n) is 4.11. The number of amides is 1. The Labute approximate surface area is 150 Å². The van der Waals surface area contributed by atoms with E-state index >= 15 is 0 Å². The normalized spacial score (nSPS) is 17.0. The molecule has 3 rings (SSSR count). The van der Waals surface area contributed by atoms with E-state index in [4.69, 9.17) is 0 Å². The van der Waals surface area contributed by atoms with E-state index in [9.17, 15) is 14.9 Å². The highest BCUT2D eigenvalue weighted by Gasteiger charge is 2.33. The van der Waals surface area contributed by atoms with Crippen molar-refractivity contribution in [1.82, 2.24) is 0 Å². The van der Waals surface area contributed by atoms with E-state index in [0.717, 1.165) is 6.42 Å². The Bertz CT molecular complexity index is 860. The Kier molecular flexibility index (Phi) is 5.17. The van der Waals surface area contributed by atoms with Crippen LogP contribution in [0.4, 0.5) is 11.4 Å². The van der Waals surface area contributed by atoms with Crippen LogP contribution in [0.5, 0.6) is 0 Å². The van der Waals surface area contributed by atoms with Crippen LogP contribution in [0.15, 0.2) is 64.7 Å². The number of hydrazone groups is 1. The maximum atomic E-state index is 12.6. The van der Waals surface area contributed by atoms with Crippen molar-refractivity contribution in [2.75, 3.05) is 11.6 Å². The predicted octanol–water partition coefficient (Wildman–Crippen LogP) is 3.25. The average Bonchev–Trinajstić information content (AvgIpc) is 2.94. The summed E-state index contributed by atoms with van der Waals surface area (Å²) in [5.41, 5.74) is 2.32. The summed E-state index contributed by atoms with van der Waals surface area (Å²) in [6.07, 6.45) is 2.44. The van der Waals surface area contributed by atoms with Crippen molar-refractivity contribution < 1.29 is 9.72 Å². The molecule has 0 aromatic heterocycles. The second kappa shape index (κ2) is 7.69. The number of benzene rings is 2. The van der Waals surface area contributed by atoms with Gasteiger partial charge in [0.05, 0.1) is 16.3 Å². The number of hydrogen-bond acceptors (Lipinski definition) is 5. The van der Waals surface area contributed by atoms with Gasteiger partial charge in [0.15, 0.2) is 0 Å². The number of aliphatic imine (C=N–C) groups is 1. The number of carbonyl (C=O) groups excluding carboxylic acids is 1. The van der Waals surface area contributed by atoms with Crippen LogP contribution < -0.4 is 5.01 Å². The molecular formula is C19H18N4O3. The van der Waals surface area contributed by atoms with Gasteiger partial charge in [0.1, 0.15) is 5.92 Å². The van der Waals surface area contributed by atoms with Crippen molar-refractivity contribution in [2.45, 2.75) is 13.3 Å². The summed E-state index contributed by atoms with van der Waals surface area (Å²) < 4.78 is 0. The molecule has 0 saturated carbocycles. The van der Waals surface area contributed by atoms with Crippen molar-refractivity contribution in [3.63, 3.8) is 0 Å². The first-order valence-electron chi connectivity index (χ1n) is 8.23. The number of nitro groups is 1. The van der Waals surface area contributed by atoms with Crippen LogP contribution >= 0.6 is 0 Å². The summed E-state index contributed by atoms with van der Waals surface area (Å²) >= 11 is 0. The molecule has 0 bridgehead atoms. The fourth-order valence-corrected chi connectivity index (χ4v) is 2.67. The van der Waals surface area contributed by atoms with E-state index < -0.39 is 10.8 Å². The molecule has 0 unspecified atom stereocenters. The van der Waals surface area contributed by atoms with Gasteiger partial charge in [-0.05, 0) is 31.0 Å². The van der Waals surface area contributed by atoms with Gasteiger partial charge in [-0.3, -0.25) is 19.9 Å². The van der Waals surface area contributed by atoms with E-state index in [-0.39, 0.29) is 11.6 Å². The number of non-ortho nitro benzene ring substituents is 1. The Balaban J connectivity index is 1.64. The Morgan fingerprint density at radius 1 is 1.19 bits per heavy atom. The molecule has 0 spiro atoms. The number of nitro benzene ring substituents is 1. The van der Waals surface area contributed by atoms with Gasteiger partial charge in [0.2, 0.25) is 0 Å². The van der Waals surface area contributed by atoms with Gasteiger partial charge >= 0.3 is 0 Å². The Hall–Kier alpha value is -3.35. The van der Waals surface area contributed by atoms with Gasteiger partial charge in [-0.25, -0.2) is 0 Å². The molecule has 7 heteroatoms. The molecular weight excluding hydrogens is 332 g/mol. The molecule has 0 radical (unpaired) electrons. The Morgan fingerprint density at radius 2 is 1.88 bits per heavy atom. The number of carbonyl (C=O) groups is 1. The zero-order chi connectivity index (χ0) is 18.5. The monoisotopic (exact) mass is 350 g/mol. The summed E-state index contributed by atoms with van der Waals surface area (Å²) in [5, 5.41) is 16.3. The van der Waals surface area contributed by atoms with Gasteiger partial charge in [0.25, 0.3) is 11.6 Å². The fourth-order valence-electron chi connectivity index (χ4n) is 2.67. The second-order valence-electron chi connectivity index (χ2n) is 5.93. The number of nitrogens with zero attached hydrogens (tertiary/aromatic N) is 4. The molecule has 132 valence electrons. The van der Waals surface area contributed by atoms with E-state index in [2.05, 4.69) is 10.1 Å². The van der Waals surface area contributed by atoms with Crippen LogP contribution in [-0.2, 0) is 11.2 Å². The molecule has 0 aliphatic carbocycles. The SMILES string of the molecule is CC1=NN(c2ccc([N+](=O)[O-])cc2)C(=O)[C@H]1C=NCCc1ccccc1. The minimum Gasteiger partial charge on any atom is -0.296 e. The van der Waals surface area contributed by atoms with Crippen LogP contribution in [0.3, 0.4) is 0 Å². The Morgan fingerprint density at radius 3 is 2.54 bits per heavy atom. The summed E-state index contributed by atoms with van der Waals surface area (Å²) in [5.74, 6) is -0.708. The molecule has 1 aliphatic rings. The molecule has 2 aromatic carbocycles. The first-order chi connectivity index (χ1) is 12.6. The van der Waals surface area contributed by atoms with Crippen LogP contribution in [0.2, 0.25) is 0 Å². The zero-order valence-corrected chi connectivity index (χ0v) is 14.3. The third kappa shape index (κ3) is 3.83. The lowest BCUT2D eigenvalue weighted by Crippen LogP contribution is -2.28. The van der Waals surface area contributed by atoms with Crippen LogP contribution in [0, 0.1) is 16.0 Å². The van der Waals surface area contributed by atoms with Crippen molar-refractivity contribution in [2.24, 2.45) is 16.0 Å². The zero-order valence-electron chi connectivity index (χ0n) is 14.3. The first-order valence-corrected chi connectivity index (χ1v) is 8.23. The second-order valence-corrected chi connectivity index (χ2v) is 5.93. The number of anilines is 1.